The monoisotopic (exact) mass is 414 g/mol. The average Bonchev–Trinajstić information content (AvgIpc) is 3.38. The van der Waals surface area contributed by atoms with Gasteiger partial charge in [-0.2, -0.15) is 5.10 Å². The Morgan fingerprint density at radius 3 is 3.07 bits per heavy atom. The van der Waals surface area contributed by atoms with Gasteiger partial charge in [0.25, 0.3) is 5.91 Å². The second kappa shape index (κ2) is 8.23. The van der Waals surface area contributed by atoms with Gasteiger partial charge in [0.15, 0.2) is 5.65 Å². The second-order valence-electron chi connectivity index (χ2n) is 7.27. The van der Waals surface area contributed by atoms with Crippen molar-refractivity contribution in [2.75, 3.05) is 25.1 Å². The summed E-state index contributed by atoms with van der Waals surface area (Å²) in [6.07, 6.45) is 5.37. The van der Waals surface area contributed by atoms with E-state index in [2.05, 4.69) is 25.3 Å². The molecule has 9 nitrogen and oxygen atoms in total. The average molecular weight is 414 g/mol. The van der Waals surface area contributed by atoms with E-state index in [4.69, 9.17) is 4.74 Å². The van der Waals surface area contributed by atoms with Crippen molar-refractivity contribution in [3.8, 4) is 5.88 Å². The Morgan fingerprint density at radius 2 is 2.30 bits per heavy atom. The normalized spacial score (nSPS) is 17.3. The van der Waals surface area contributed by atoms with Crippen molar-refractivity contribution >= 4 is 17.4 Å². The number of ether oxygens (including phenoxy) is 1. The number of anilines is 1. The molecule has 4 heterocycles. The Morgan fingerprint density at radius 1 is 1.47 bits per heavy atom. The second-order valence-corrected chi connectivity index (χ2v) is 7.27. The molecule has 30 heavy (non-hydrogen) atoms. The molecule has 0 aliphatic carbocycles. The highest BCUT2D eigenvalue weighted by Crippen LogP contribution is 2.38. The van der Waals surface area contributed by atoms with Crippen LogP contribution >= 0.6 is 0 Å². The number of aliphatic hydroxyl groups is 1. The fraction of sp³-hybridized carbons (Fsp3) is 0.400. The minimum absolute atomic E-state index is 0.135. The zero-order valence-corrected chi connectivity index (χ0v) is 16.7. The summed E-state index contributed by atoms with van der Waals surface area (Å²) in [6.45, 7) is 2.46. The Hall–Kier alpha value is -3.27. The van der Waals surface area contributed by atoms with E-state index in [0.29, 0.717) is 28.5 Å². The molecule has 3 aromatic heterocycles. The van der Waals surface area contributed by atoms with E-state index in [0.717, 1.165) is 25.6 Å². The van der Waals surface area contributed by atoms with Crippen molar-refractivity contribution in [1.82, 2.24) is 24.9 Å². The number of aliphatic hydroxyl groups excluding tert-OH is 1. The first-order chi connectivity index (χ1) is 14.5. The number of methoxy groups -OCH3 is 1. The van der Waals surface area contributed by atoms with Gasteiger partial charge in [-0.1, -0.05) is 0 Å². The Kier molecular flexibility index (Phi) is 5.49. The van der Waals surface area contributed by atoms with Crippen LogP contribution < -0.4 is 15.0 Å². The molecule has 1 saturated heterocycles. The predicted molar refractivity (Wildman–Crippen MR) is 107 cm³/mol. The third kappa shape index (κ3) is 3.78. The topological polar surface area (TPSA) is 105 Å². The lowest BCUT2D eigenvalue weighted by atomic mass is 10.1. The number of hydrogen-bond acceptors (Lipinski definition) is 7. The number of carbonyl (C=O) groups excluding carboxylic acids is 1. The van der Waals surface area contributed by atoms with Gasteiger partial charge in [-0.25, -0.2) is 18.9 Å². The van der Waals surface area contributed by atoms with Crippen LogP contribution in [0.1, 0.15) is 41.7 Å². The van der Waals surface area contributed by atoms with E-state index in [-0.39, 0.29) is 18.5 Å². The number of aromatic nitrogens is 4. The van der Waals surface area contributed by atoms with Gasteiger partial charge in [-0.3, -0.25) is 4.79 Å². The third-order valence-corrected chi connectivity index (χ3v) is 5.10. The van der Waals surface area contributed by atoms with Crippen LogP contribution in [0.2, 0.25) is 0 Å². The smallest absolute Gasteiger partial charge is 0.256 e. The van der Waals surface area contributed by atoms with Crippen LogP contribution in [0.15, 0.2) is 30.7 Å². The van der Waals surface area contributed by atoms with E-state index in [1.807, 2.05) is 6.07 Å². The Bertz CT molecular complexity index is 1070. The van der Waals surface area contributed by atoms with Crippen LogP contribution in [-0.4, -0.2) is 56.9 Å². The van der Waals surface area contributed by atoms with Gasteiger partial charge in [-0.15, -0.1) is 0 Å². The van der Waals surface area contributed by atoms with Crippen molar-refractivity contribution in [3.05, 3.63) is 47.7 Å². The minimum Gasteiger partial charge on any atom is -0.481 e. The summed E-state index contributed by atoms with van der Waals surface area (Å²) in [7, 11) is 1.51. The number of amides is 1. The lowest BCUT2D eigenvalue weighted by Gasteiger charge is -2.26. The number of hydrogen-bond donors (Lipinski definition) is 2. The summed E-state index contributed by atoms with van der Waals surface area (Å²) in [5.74, 6) is 0.261. The fourth-order valence-corrected chi connectivity index (χ4v) is 3.73. The molecule has 0 bridgehead atoms. The zero-order valence-electron chi connectivity index (χ0n) is 16.7. The molecule has 3 aromatic rings. The summed E-state index contributed by atoms with van der Waals surface area (Å²) in [5.41, 5.74) is 1.39. The van der Waals surface area contributed by atoms with Gasteiger partial charge in [0, 0.05) is 24.8 Å². The highest BCUT2D eigenvalue weighted by molar-refractivity contribution is 5.99. The number of rotatable bonds is 6. The van der Waals surface area contributed by atoms with Crippen molar-refractivity contribution in [1.29, 1.82) is 0 Å². The molecule has 0 unspecified atom stereocenters. The Labute approximate surface area is 172 Å². The molecule has 1 aliphatic rings. The number of halogens is 1. The molecular weight excluding hydrogens is 391 g/mol. The van der Waals surface area contributed by atoms with E-state index in [1.54, 1.807) is 13.1 Å². The molecule has 1 aliphatic heterocycles. The first-order valence-electron chi connectivity index (χ1n) is 9.74. The van der Waals surface area contributed by atoms with Crippen LogP contribution in [0.4, 0.5) is 10.2 Å². The standard InChI is InChI=1S/C20H23FN6O3/c1-12(28)9-22-19(29)15-11-24-27-7-5-17(25-18(15)27)26-6-3-4-16(26)14-8-13(21)10-23-20(14)30-2/h5,7-8,10-12,16,28H,3-4,6,9H2,1-2H3,(H,22,29)/t12-,16-/m1/s1. The van der Waals surface area contributed by atoms with Crippen LogP contribution in [-0.2, 0) is 0 Å². The van der Waals surface area contributed by atoms with Gasteiger partial charge < -0.3 is 20.1 Å². The molecule has 10 heteroatoms. The van der Waals surface area contributed by atoms with Crippen LogP contribution in [0.25, 0.3) is 5.65 Å². The summed E-state index contributed by atoms with van der Waals surface area (Å²) in [5, 5.41) is 16.2. The first kappa shape index (κ1) is 20.0. The molecule has 2 N–H and O–H groups in total. The lowest BCUT2D eigenvalue weighted by Crippen LogP contribution is -2.30. The van der Waals surface area contributed by atoms with E-state index in [9.17, 15) is 14.3 Å². The molecule has 0 saturated carbocycles. The summed E-state index contributed by atoms with van der Waals surface area (Å²) < 4.78 is 20.7. The van der Waals surface area contributed by atoms with E-state index in [1.165, 1.54) is 23.9 Å². The van der Waals surface area contributed by atoms with Gasteiger partial charge in [-0.05, 0) is 31.9 Å². The quantitative estimate of drug-likeness (QED) is 0.633. The molecule has 0 aromatic carbocycles. The first-order valence-corrected chi connectivity index (χ1v) is 9.74. The molecule has 0 radical (unpaired) electrons. The highest BCUT2D eigenvalue weighted by Gasteiger charge is 2.31. The number of fused-ring (bicyclic) bond motifs is 1. The predicted octanol–water partition coefficient (Wildman–Crippen LogP) is 1.72. The molecule has 0 spiro atoms. The molecule has 1 fully saturated rings. The maximum atomic E-state index is 13.9. The number of pyridine rings is 1. The summed E-state index contributed by atoms with van der Waals surface area (Å²) >= 11 is 0. The largest absolute Gasteiger partial charge is 0.481 e. The maximum absolute atomic E-state index is 13.9. The number of carbonyl (C=O) groups is 1. The number of nitrogens with zero attached hydrogens (tertiary/aromatic N) is 5. The zero-order chi connectivity index (χ0) is 21.3. The lowest BCUT2D eigenvalue weighted by molar-refractivity contribution is 0.0925. The highest BCUT2D eigenvalue weighted by atomic mass is 19.1. The van der Waals surface area contributed by atoms with Gasteiger partial charge in [0.05, 0.1) is 31.6 Å². The van der Waals surface area contributed by atoms with Crippen LogP contribution in [0.3, 0.4) is 0 Å². The summed E-state index contributed by atoms with van der Waals surface area (Å²) in [6, 6.07) is 3.12. The third-order valence-electron chi connectivity index (χ3n) is 5.10. The van der Waals surface area contributed by atoms with Crippen molar-refractivity contribution in [2.45, 2.75) is 31.9 Å². The molecular formula is C20H23FN6O3. The van der Waals surface area contributed by atoms with Crippen molar-refractivity contribution in [3.63, 3.8) is 0 Å². The fourth-order valence-electron chi connectivity index (χ4n) is 3.73. The van der Waals surface area contributed by atoms with E-state index < -0.39 is 11.9 Å². The maximum Gasteiger partial charge on any atom is 0.256 e. The molecule has 1 amide bonds. The van der Waals surface area contributed by atoms with Crippen LogP contribution in [0, 0.1) is 5.82 Å². The van der Waals surface area contributed by atoms with Crippen molar-refractivity contribution < 1.29 is 19.0 Å². The van der Waals surface area contributed by atoms with Gasteiger partial charge in [0.1, 0.15) is 17.2 Å². The van der Waals surface area contributed by atoms with Gasteiger partial charge in [0.2, 0.25) is 5.88 Å². The number of nitrogens with one attached hydrogen (secondary N) is 1. The molecule has 158 valence electrons. The van der Waals surface area contributed by atoms with Crippen molar-refractivity contribution in [2.24, 2.45) is 0 Å². The SMILES string of the molecule is COc1ncc(F)cc1[C@H]1CCCN1c1ccn2ncc(C(=O)NC[C@@H](C)O)c2n1. The summed E-state index contributed by atoms with van der Waals surface area (Å²) in [4.78, 5) is 23.2. The van der Waals surface area contributed by atoms with E-state index >= 15 is 0 Å². The molecule has 2 atom stereocenters. The molecule has 4 rings (SSSR count). The Balaban J connectivity index is 1.68. The van der Waals surface area contributed by atoms with Gasteiger partial charge >= 0.3 is 0 Å². The van der Waals surface area contributed by atoms with Crippen LogP contribution in [0.5, 0.6) is 5.88 Å². The minimum atomic E-state index is -0.653.